The highest BCUT2D eigenvalue weighted by atomic mass is 16.4. The van der Waals surface area contributed by atoms with Gasteiger partial charge in [-0.15, -0.1) is 0 Å². The monoisotopic (exact) mass is 429 g/mol. The predicted molar refractivity (Wildman–Crippen MR) is 119 cm³/mol. The second-order valence-electron chi connectivity index (χ2n) is 10.3. The van der Waals surface area contributed by atoms with Crippen LogP contribution in [0.25, 0.3) is 0 Å². The van der Waals surface area contributed by atoms with Gasteiger partial charge in [0, 0.05) is 23.4 Å². The molecule has 0 aromatic carbocycles. The van der Waals surface area contributed by atoms with Gasteiger partial charge in [-0.3, -0.25) is 9.69 Å². The summed E-state index contributed by atoms with van der Waals surface area (Å²) in [6, 6.07) is 1.25. The smallest absolute Gasteiger partial charge is 0.341 e. The molecular formula is C25H35NO5. The molecule has 0 aliphatic heterocycles. The van der Waals surface area contributed by atoms with Gasteiger partial charge in [-0.2, -0.15) is 0 Å². The lowest BCUT2D eigenvalue weighted by Crippen LogP contribution is -2.47. The first-order valence-corrected chi connectivity index (χ1v) is 11.5. The number of amides is 1. The maximum atomic E-state index is 13.7. The molecule has 2 N–H and O–H groups in total. The van der Waals surface area contributed by atoms with Gasteiger partial charge < -0.3 is 14.6 Å². The number of furan rings is 1. The van der Waals surface area contributed by atoms with Crippen molar-refractivity contribution in [2.24, 2.45) is 17.3 Å². The molecule has 2 aliphatic carbocycles. The molecule has 2 fully saturated rings. The van der Waals surface area contributed by atoms with Crippen molar-refractivity contribution in [3.05, 3.63) is 17.4 Å². The van der Waals surface area contributed by atoms with Crippen molar-refractivity contribution in [1.29, 1.82) is 0 Å². The summed E-state index contributed by atoms with van der Waals surface area (Å²) in [4.78, 5) is 27.3. The van der Waals surface area contributed by atoms with Gasteiger partial charge in [0.1, 0.15) is 5.56 Å². The summed E-state index contributed by atoms with van der Waals surface area (Å²) in [6.07, 6.45) is 5.69. The molecular weight excluding hydrogens is 394 g/mol. The molecule has 0 unspecified atom stereocenters. The highest BCUT2D eigenvalue weighted by molar-refractivity contribution is 6.01. The lowest BCUT2D eigenvalue weighted by atomic mass is 9.81. The van der Waals surface area contributed by atoms with Crippen LogP contribution in [0.4, 0.5) is 5.88 Å². The Kier molecular flexibility index (Phi) is 7.16. The number of carbonyl (C=O) groups excluding carboxylic acids is 1. The minimum atomic E-state index is -1.13. The third-order valence-electron chi connectivity index (χ3n) is 6.36. The number of carboxylic acids is 1. The second kappa shape index (κ2) is 9.48. The molecule has 2 saturated carbocycles. The Morgan fingerprint density at radius 3 is 2.23 bits per heavy atom. The van der Waals surface area contributed by atoms with E-state index in [0.717, 1.165) is 25.7 Å². The van der Waals surface area contributed by atoms with Crippen LogP contribution in [0, 0.1) is 29.1 Å². The molecule has 2 aliphatic rings. The average Bonchev–Trinajstić information content (AvgIpc) is 3.12. The Balaban J connectivity index is 1.99. The molecule has 0 radical (unpaired) electrons. The van der Waals surface area contributed by atoms with Crippen LogP contribution in [0.2, 0.25) is 0 Å². The van der Waals surface area contributed by atoms with E-state index in [0.29, 0.717) is 31.6 Å². The van der Waals surface area contributed by atoms with Crippen LogP contribution in [0.1, 0.15) is 95.2 Å². The fourth-order valence-electron chi connectivity index (χ4n) is 4.49. The Bertz CT molecular complexity index is 853. The molecule has 170 valence electrons. The highest BCUT2D eigenvalue weighted by Gasteiger charge is 2.38. The largest absolute Gasteiger partial charge is 0.477 e. The molecule has 0 saturated heterocycles. The van der Waals surface area contributed by atoms with Crippen LogP contribution in [0.15, 0.2) is 10.5 Å². The molecule has 0 atom stereocenters. The van der Waals surface area contributed by atoms with Crippen molar-refractivity contribution >= 4 is 17.8 Å². The van der Waals surface area contributed by atoms with Crippen molar-refractivity contribution in [2.75, 3.05) is 4.90 Å². The minimum absolute atomic E-state index is 0.0261. The molecule has 31 heavy (non-hydrogen) atoms. The van der Waals surface area contributed by atoms with Gasteiger partial charge in [-0.25, -0.2) is 4.79 Å². The van der Waals surface area contributed by atoms with E-state index in [9.17, 15) is 19.8 Å². The van der Waals surface area contributed by atoms with Crippen LogP contribution < -0.4 is 4.90 Å². The Hall–Kier alpha value is -2.26. The normalized spacial score (nSPS) is 26.6. The van der Waals surface area contributed by atoms with E-state index in [4.69, 9.17) is 4.42 Å². The highest BCUT2D eigenvalue weighted by Crippen LogP contribution is 2.37. The zero-order valence-electron chi connectivity index (χ0n) is 19.1. The van der Waals surface area contributed by atoms with Gasteiger partial charge in [0.05, 0.1) is 6.10 Å². The number of carbonyl (C=O) groups is 2. The molecule has 1 amide bonds. The summed E-state index contributed by atoms with van der Waals surface area (Å²) in [7, 11) is 0. The van der Waals surface area contributed by atoms with Crippen molar-refractivity contribution < 1.29 is 24.2 Å². The zero-order valence-corrected chi connectivity index (χ0v) is 19.1. The standard InChI is InChI=1S/C25H35NO5/c1-16-5-7-17(8-6-16)22(28)26(18-9-11-19(27)12-10-18)23-21(24(29)30)15-20(31-23)13-14-25(2,3)4/h15-19,27H,5-12H2,1-4H3,(H,29,30). The predicted octanol–water partition coefficient (Wildman–Crippen LogP) is 4.84. The van der Waals surface area contributed by atoms with Crippen LogP contribution in [0.5, 0.6) is 0 Å². The SMILES string of the molecule is CC1CCC(C(=O)N(c2oc(C#CC(C)(C)C)cc2C(=O)O)C2CCC(O)CC2)CC1. The zero-order chi connectivity index (χ0) is 22.8. The Morgan fingerprint density at radius 2 is 1.68 bits per heavy atom. The van der Waals surface area contributed by atoms with Gasteiger partial charge in [-0.05, 0) is 84.0 Å². The molecule has 0 bridgehead atoms. The fraction of sp³-hybridized carbons (Fsp3) is 0.680. The van der Waals surface area contributed by atoms with Gasteiger partial charge in [0.2, 0.25) is 11.8 Å². The molecule has 1 heterocycles. The van der Waals surface area contributed by atoms with Crippen molar-refractivity contribution in [1.82, 2.24) is 0 Å². The number of hydrogen-bond acceptors (Lipinski definition) is 4. The summed E-state index contributed by atoms with van der Waals surface area (Å²) in [6.45, 7) is 8.11. The Morgan fingerprint density at radius 1 is 1.06 bits per heavy atom. The Labute approximate surface area is 185 Å². The molecule has 6 heteroatoms. The summed E-state index contributed by atoms with van der Waals surface area (Å²) in [5.74, 6) is 5.65. The van der Waals surface area contributed by atoms with Crippen molar-refractivity contribution in [3.8, 4) is 11.8 Å². The number of anilines is 1. The quantitative estimate of drug-likeness (QED) is 0.669. The third-order valence-corrected chi connectivity index (χ3v) is 6.36. The van der Waals surface area contributed by atoms with E-state index in [2.05, 4.69) is 18.8 Å². The lowest BCUT2D eigenvalue weighted by molar-refractivity contribution is -0.124. The van der Waals surface area contributed by atoms with Crippen LogP contribution in [-0.4, -0.2) is 34.2 Å². The number of aliphatic hydroxyl groups excluding tert-OH is 1. The van der Waals surface area contributed by atoms with Crippen molar-refractivity contribution in [2.45, 2.75) is 91.2 Å². The number of carboxylic acid groups (broad SMARTS) is 1. The average molecular weight is 430 g/mol. The van der Waals surface area contributed by atoms with Crippen LogP contribution in [0.3, 0.4) is 0 Å². The van der Waals surface area contributed by atoms with Gasteiger partial charge in [0.25, 0.3) is 0 Å². The molecule has 3 rings (SSSR count). The summed E-state index contributed by atoms with van der Waals surface area (Å²) < 4.78 is 5.93. The van der Waals surface area contributed by atoms with E-state index in [-0.39, 0.29) is 46.6 Å². The molecule has 1 aromatic heterocycles. The van der Waals surface area contributed by atoms with Gasteiger partial charge in [0.15, 0.2) is 5.76 Å². The fourth-order valence-corrected chi connectivity index (χ4v) is 4.49. The minimum Gasteiger partial charge on any atom is -0.477 e. The van der Waals surface area contributed by atoms with Crippen LogP contribution >= 0.6 is 0 Å². The third kappa shape index (κ3) is 5.92. The van der Waals surface area contributed by atoms with E-state index in [1.807, 2.05) is 20.8 Å². The first-order valence-electron chi connectivity index (χ1n) is 11.5. The summed E-state index contributed by atoms with van der Waals surface area (Å²) in [5, 5.41) is 19.8. The number of nitrogens with zero attached hydrogens (tertiary/aromatic N) is 1. The summed E-state index contributed by atoms with van der Waals surface area (Å²) >= 11 is 0. The maximum absolute atomic E-state index is 13.7. The number of hydrogen-bond donors (Lipinski definition) is 2. The van der Waals surface area contributed by atoms with Gasteiger partial charge in [-0.1, -0.05) is 12.8 Å². The number of aromatic carboxylic acids is 1. The van der Waals surface area contributed by atoms with Crippen LogP contribution in [-0.2, 0) is 4.79 Å². The van der Waals surface area contributed by atoms with Crippen molar-refractivity contribution in [3.63, 3.8) is 0 Å². The molecule has 6 nitrogen and oxygen atoms in total. The van der Waals surface area contributed by atoms with E-state index in [1.54, 1.807) is 4.90 Å². The summed E-state index contributed by atoms with van der Waals surface area (Å²) in [5.41, 5.74) is -0.286. The number of rotatable bonds is 4. The van der Waals surface area contributed by atoms with E-state index in [1.165, 1.54) is 6.07 Å². The number of aliphatic hydroxyl groups is 1. The first kappa shape index (κ1) is 23.4. The molecule has 0 spiro atoms. The molecule has 1 aromatic rings. The lowest BCUT2D eigenvalue weighted by Gasteiger charge is -2.37. The maximum Gasteiger partial charge on any atom is 0.341 e. The van der Waals surface area contributed by atoms with E-state index >= 15 is 0 Å². The van der Waals surface area contributed by atoms with Gasteiger partial charge >= 0.3 is 5.97 Å². The topological polar surface area (TPSA) is 91.0 Å². The first-order chi connectivity index (χ1) is 14.5. The van der Waals surface area contributed by atoms with E-state index < -0.39 is 5.97 Å². The second-order valence-corrected chi connectivity index (χ2v) is 10.3.